The first-order chi connectivity index (χ1) is 18.9. The van der Waals surface area contributed by atoms with Crippen LogP contribution < -0.4 is 19.9 Å². The average molecular weight is 543 g/mol. The Bertz CT molecular complexity index is 1630. The van der Waals surface area contributed by atoms with Gasteiger partial charge < -0.3 is 24.4 Å². The SMILES string of the molecule is CCCCCOc1ccccc1C1C(C#N)=C(N)Oc2cc(OC(=O)c3oc4ccc(Cl)cc4c3C)ccc21. The molecule has 7 nitrogen and oxygen atoms in total. The number of hydrogen-bond donors (Lipinski definition) is 1. The number of fused-ring (bicyclic) bond motifs is 2. The first-order valence-corrected chi connectivity index (χ1v) is 13.1. The van der Waals surface area contributed by atoms with Gasteiger partial charge in [-0.3, -0.25) is 0 Å². The molecule has 1 aromatic heterocycles. The molecule has 0 spiro atoms. The first kappa shape index (κ1) is 26.2. The highest BCUT2D eigenvalue weighted by atomic mass is 35.5. The molecule has 4 aromatic rings. The molecule has 0 saturated carbocycles. The predicted molar refractivity (Wildman–Crippen MR) is 148 cm³/mol. The van der Waals surface area contributed by atoms with Gasteiger partial charge in [0.1, 0.15) is 34.5 Å². The van der Waals surface area contributed by atoms with Crippen molar-refractivity contribution in [3.63, 3.8) is 0 Å². The van der Waals surface area contributed by atoms with Gasteiger partial charge in [-0.15, -0.1) is 0 Å². The van der Waals surface area contributed by atoms with Crippen molar-refractivity contribution in [3.8, 4) is 23.3 Å². The minimum Gasteiger partial charge on any atom is -0.493 e. The van der Waals surface area contributed by atoms with E-state index in [1.807, 2.05) is 24.3 Å². The smallest absolute Gasteiger partial charge is 0.379 e. The van der Waals surface area contributed by atoms with Crippen LogP contribution >= 0.6 is 11.6 Å². The molecule has 1 aliphatic heterocycles. The summed E-state index contributed by atoms with van der Waals surface area (Å²) < 4.78 is 23.3. The van der Waals surface area contributed by atoms with Gasteiger partial charge in [0.25, 0.3) is 0 Å². The molecule has 0 radical (unpaired) electrons. The van der Waals surface area contributed by atoms with Crippen molar-refractivity contribution in [2.45, 2.75) is 39.0 Å². The number of nitrogens with two attached hydrogens (primary N) is 1. The number of benzene rings is 3. The zero-order chi connectivity index (χ0) is 27.5. The molecule has 2 heterocycles. The minimum absolute atomic E-state index is 0.00994. The summed E-state index contributed by atoms with van der Waals surface area (Å²) in [6.45, 7) is 4.49. The fourth-order valence-electron chi connectivity index (χ4n) is 4.74. The third kappa shape index (κ3) is 5.16. The molecule has 0 bridgehead atoms. The molecule has 8 heteroatoms. The number of halogens is 1. The van der Waals surface area contributed by atoms with E-state index in [-0.39, 0.29) is 23.0 Å². The zero-order valence-electron chi connectivity index (χ0n) is 21.6. The second-order valence-corrected chi connectivity index (χ2v) is 9.74. The standard InChI is InChI=1S/C31H27ClN2O5/c1-3-4-7-14-36-25-9-6-5-8-21(25)28-22-12-11-20(16-27(22)39-30(34)24(28)17-33)37-31(35)29-18(2)23-15-19(32)10-13-26(23)38-29/h5-6,8-13,15-16,28H,3-4,7,14,34H2,1-2H3. The number of carbonyl (C=O) groups is 1. The van der Waals surface area contributed by atoms with Crippen molar-refractivity contribution in [2.24, 2.45) is 5.73 Å². The van der Waals surface area contributed by atoms with E-state index in [1.165, 1.54) is 0 Å². The molecular weight excluding hydrogens is 516 g/mol. The summed E-state index contributed by atoms with van der Waals surface area (Å²) in [6.07, 6.45) is 3.10. The summed E-state index contributed by atoms with van der Waals surface area (Å²) in [6, 6.07) is 20.0. The quantitative estimate of drug-likeness (QED) is 0.140. The predicted octanol–water partition coefficient (Wildman–Crippen LogP) is 7.40. The number of esters is 1. The Morgan fingerprint density at radius 3 is 2.72 bits per heavy atom. The second-order valence-electron chi connectivity index (χ2n) is 9.30. The van der Waals surface area contributed by atoms with Gasteiger partial charge in [-0.25, -0.2) is 4.79 Å². The highest BCUT2D eigenvalue weighted by molar-refractivity contribution is 6.31. The number of aryl methyl sites for hydroxylation is 1. The van der Waals surface area contributed by atoms with Crippen LogP contribution in [-0.2, 0) is 0 Å². The Morgan fingerprint density at radius 2 is 1.92 bits per heavy atom. The van der Waals surface area contributed by atoms with Gasteiger partial charge in [0.15, 0.2) is 0 Å². The lowest BCUT2D eigenvalue weighted by Crippen LogP contribution is -2.21. The molecule has 1 aliphatic rings. The molecule has 0 amide bonds. The van der Waals surface area contributed by atoms with E-state index in [1.54, 1.807) is 43.3 Å². The van der Waals surface area contributed by atoms with Crippen LogP contribution in [0, 0.1) is 18.3 Å². The highest BCUT2D eigenvalue weighted by Gasteiger charge is 2.33. The van der Waals surface area contributed by atoms with Gasteiger partial charge >= 0.3 is 5.97 Å². The van der Waals surface area contributed by atoms with Crippen molar-refractivity contribution in [3.05, 3.63) is 99.6 Å². The van der Waals surface area contributed by atoms with Crippen LogP contribution in [0.5, 0.6) is 17.2 Å². The maximum Gasteiger partial charge on any atom is 0.379 e. The van der Waals surface area contributed by atoms with E-state index >= 15 is 0 Å². The number of furan rings is 1. The molecule has 3 aromatic carbocycles. The number of nitriles is 1. The summed E-state index contributed by atoms with van der Waals surface area (Å²) in [5.41, 5.74) is 9.17. The first-order valence-electron chi connectivity index (χ1n) is 12.7. The third-order valence-corrected chi connectivity index (χ3v) is 6.96. The normalized spacial score (nSPS) is 14.5. The largest absolute Gasteiger partial charge is 0.493 e. The lowest BCUT2D eigenvalue weighted by Gasteiger charge is -2.28. The van der Waals surface area contributed by atoms with Gasteiger partial charge in [-0.05, 0) is 43.7 Å². The van der Waals surface area contributed by atoms with E-state index in [4.69, 9.17) is 36.0 Å². The Hall–Kier alpha value is -4.41. The second kappa shape index (κ2) is 11.1. The van der Waals surface area contributed by atoms with Crippen molar-refractivity contribution in [1.29, 1.82) is 5.26 Å². The Morgan fingerprint density at radius 1 is 1.10 bits per heavy atom. The summed E-state index contributed by atoms with van der Waals surface area (Å²) >= 11 is 6.10. The van der Waals surface area contributed by atoms with E-state index in [9.17, 15) is 10.1 Å². The number of allylic oxidation sites excluding steroid dienone is 1. The third-order valence-electron chi connectivity index (χ3n) is 6.72. The van der Waals surface area contributed by atoms with Crippen molar-refractivity contribution < 1.29 is 23.4 Å². The number of para-hydroxylation sites is 1. The van der Waals surface area contributed by atoms with Gasteiger partial charge in [0.05, 0.1) is 12.5 Å². The molecule has 1 unspecified atom stereocenters. The van der Waals surface area contributed by atoms with Gasteiger partial charge in [0, 0.05) is 33.2 Å². The molecule has 0 fully saturated rings. The molecule has 1 atom stereocenters. The molecule has 0 aliphatic carbocycles. The lowest BCUT2D eigenvalue weighted by molar-refractivity contribution is 0.0702. The van der Waals surface area contributed by atoms with E-state index in [0.717, 1.165) is 30.2 Å². The number of ether oxygens (including phenoxy) is 3. The maximum absolute atomic E-state index is 13.0. The highest BCUT2D eigenvalue weighted by Crippen LogP contribution is 2.46. The van der Waals surface area contributed by atoms with Crippen LogP contribution in [0.3, 0.4) is 0 Å². The number of hydrogen-bond acceptors (Lipinski definition) is 7. The molecule has 0 saturated heterocycles. The van der Waals surface area contributed by atoms with Crippen molar-refractivity contribution in [1.82, 2.24) is 0 Å². The average Bonchev–Trinajstić information content (AvgIpc) is 3.26. The van der Waals surface area contributed by atoms with E-state index in [2.05, 4.69) is 13.0 Å². The maximum atomic E-state index is 13.0. The topological polar surface area (TPSA) is 108 Å². The number of rotatable bonds is 8. The Balaban J connectivity index is 1.46. The molecular formula is C31H27ClN2O5. The Kier molecular flexibility index (Phi) is 7.49. The lowest BCUT2D eigenvalue weighted by atomic mass is 9.83. The van der Waals surface area contributed by atoms with E-state index in [0.29, 0.717) is 39.8 Å². The fourth-order valence-corrected chi connectivity index (χ4v) is 4.92. The van der Waals surface area contributed by atoms with Crippen LogP contribution in [0.2, 0.25) is 5.02 Å². The van der Waals surface area contributed by atoms with Gasteiger partial charge in [-0.2, -0.15) is 5.26 Å². The molecule has 2 N–H and O–H groups in total. The minimum atomic E-state index is -0.654. The number of nitrogens with zero attached hydrogens (tertiary/aromatic N) is 1. The summed E-state index contributed by atoms with van der Waals surface area (Å²) in [4.78, 5) is 13.0. The van der Waals surface area contributed by atoms with Crippen LogP contribution in [0.25, 0.3) is 11.0 Å². The summed E-state index contributed by atoms with van der Waals surface area (Å²) in [5.74, 6) is 0.229. The van der Waals surface area contributed by atoms with Crippen LogP contribution in [-0.4, -0.2) is 12.6 Å². The van der Waals surface area contributed by atoms with Crippen molar-refractivity contribution in [2.75, 3.05) is 6.61 Å². The molecule has 39 heavy (non-hydrogen) atoms. The van der Waals surface area contributed by atoms with Crippen LogP contribution in [0.15, 0.2) is 76.5 Å². The number of unbranched alkanes of at least 4 members (excludes halogenated alkanes) is 2. The van der Waals surface area contributed by atoms with E-state index < -0.39 is 11.9 Å². The summed E-state index contributed by atoms with van der Waals surface area (Å²) in [7, 11) is 0. The Labute approximate surface area is 231 Å². The number of carbonyl (C=O) groups excluding carboxylic acids is 1. The zero-order valence-corrected chi connectivity index (χ0v) is 22.4. The van der Waals surface area contributed by atoms with Crippen LogP contribution in [0.1, 0.15) is 59.3 Å². The van der Waals surface area contributed by atoms with Crippen molar-refractivity contribution >= 4 is 28.5 Å². The summed E-state index contributed by atoms with van der Waals surface area (Å²) in [5, 5.41) is 11.2. The molecule has 198 valence electrons. The fraction of sp³-hybridized carbons (Fsp3) is 0.226. The van der Waals surface area contributed by atoms with Gasteiger partial charge in [0.2, 0.25) is 11.6 Å². The van der Waals surface area contributed by atoms with Crippen LogP contribution in [0.4, 0.5) is 0 Å². The molecule has 5 rings (SSSR count). The van der Waals surface area contributed by atoms with Gasteiger partial charge in [-0.1, -0.05) is 55.6 Å². The monoisotopic (exact) mass is 542 g/mol.